The van der Waals surface area contributed by atoms with Crippen molar-refractivity contribution in [1.29, 1.82) is 0 Å². The molecule has 0 saturated heterocycles. The summed E-state index contributed by atoms with van der Waals surface area (Å²) >= 11 is 0. The second-order valence-corrected chi connectivity index (χ2v) is 4.81. The van der Waals surface area contributed by atoms with Crippen molar-refractivity contribution in [2.45, 2.75) is 44.4 Å². The summed E-state index contributed by atoms with van der Waals surface area (Å²) in [4.78, 5) is 4.51. The molecule has 0 aliphatic heterocycles. The molecule has 1 fully saturated rings. The third-order valence-corrected chi connectivity index (χ3v) is 3.62. The molecule has 0 amide bonds. The zero-order chi connectivity index (χ0) is 12.1. The van der Waals surface area contributed by atoms with Crippen molar-refractivity contribution < 1.29 is 9.23 Å². The van der Waals surface area contributed by atoms with Crippen LogP contribution in [0.4, 0.5) is 4.39 Å². The second kappa shape index (κ2) is 6.12. The zero-order valence-corrected chi connectivity index (χ0v) is 10.1. The number of hydrogen-bond acceptors (Lipinski definition) is 2. The Morgan fingerprint density at radius 2 is 2.00 bits per heavy atom. The molecule has 1 aliphatic rings. The van der Waals surface area contributed by atoms with Gasteiger partial charge >= 0.3 is 0 Å². The van der Waals surface area contributed by atoms with Crippen LogP contribution in [-0.4, -0.2) is 6.61 Å². The number of rotatable bonds is 4. The molecular formula is C14H20FNO. The van der Waals surface area contributed by atoms with Gasteiger partial charge in [0, 0.05) is 0 Å². The van der Waals surface area contributed by atoms with E-state index in [0.717, 1.165) is 24.0 Å². The third-order valence-electron chi connectivity index (χ3n) is 3.62. The fourth-order valence-corrected chi connectivity index (χ4v) is 2.65. The molecule has 0 aromatic heterocycles. The predicted molar refractivity (Wildman–Crippen MR) is 66.1 cm³/mol. The third kappa shape index (κ3) is 3.27. The van der Waals surface area contributed by atoms with Crippen molar-refractivity contribution in [1.82, 2.24) is 0 Å². The van der Waals surface area contributed by atoms with Gasteiger partial charge in [0.1, 0.15) is 5.82 Å². The molecule has 2 N–H and O–H groups in total. The van der Waals surface area contributed by atoms with Crippen molar-refractivity contribution in [2.75, 3.05) is 6.61 Å². The van der Waals surface area contributed by atoms with Gasteiger partial charge in [0.25, 0.3) is 0 Å². The summed E-state index contributed by atoms with van der Waals surface area (Å²) in [5.41, 5.74) is 1.84. The number of hydrogen-bond donors (Lipinski definition) is 1. The molecule has 94 valence electrons. The summed E-state index contributed by atoms with van der Waals surface area (Å²) in [6.07, 6.45) is 6.67. The van der Waals surface area contributed by atoms with Gasteiger partial charge in [-0.1, -0.05) is 31.4 Å². The van der Waals surface area contributed by atoms with E-state index >= 15 is 0 Å². The van der Waals surface area contributed by atoms with Crippen LogP contribution in [0.3, 0.4) is 0 Å². The van der Waals surface area contributed by atoms with E-state index in [1.807, 2.05) is 12.1 Å². The minimum Gasteiger partial charge on any atom is -0.304 e. The highest BCUT2D eigenvalue weighted by atomic mass is 19.1. The van der Waals surface area contributed by atoms with Crippen LogP contribution >= 0.6 is 0 Å². The average molecular weight is 237 g/mol. The van der Waals surface area contributed by atoms with Crippen LogP contribution in [0.1, 0.15) is 49.1 Å². The lowest BCUT2D eigenvalue weighted by Crippen LogP contribution is -2.08. The largest absolute Gasteiger partial charge is 0.304 e. The highest BCUT2D eigenvalue weighted by molar-refractivity contribution is 5.27. The first-order valence-corrected chi connectivity index (χ1v) is 6.41. The van der Waals surface area contributed by atoms with E-state index in [0.29, 0.717) is 18.9 Å². The SMILES string of the molecule is NOCCc1ccc(C2CCCCC2)c(F)c1. The summed E-state index contributed by atoms with van der Waals surface area (Å²) in [7, 11) is 0. The Bertz CT molecular complexity index is 361. The summed E-state index contributed by atoms with van der Waals surface area (Å²) in [6, 6.07) is 5.56. The van der Waals surface area contributed by atoms with Gasteiger partial charge in [-0.05, 0) is 42.4 Å². The lowest BCUT2D eigenvalue weighted by Gasteiger charge is -2.22. The number of benzene rings is 1. The number of nitrogens with two attached hydrogens (primary N) is 1. The van der Waals surface area contributed by atoms with Crippen LogP contribution in [0, 0.1) is 5.82 Å². The van der Waals surface area contributed by atoms with Gasteiger partial charge in [-0.3, -0.25) is 0 Å². The average Bonchev–Trinajstić information content (AvgIpc) is 2.37. The first kappa shape index (κ1) is 12.5. The standard InChI is InChI=1S/C14H20FNO/c15-14-10-11(8-9-17-16)6-7-13(14)12-4-2-1-3-5-12/h6-7,10,12H,1-5,8-9,16H2. The molecule has 17 heavy (non-hydrogen) atoms. The molecule has 0 atom stereocenters. The van der Waals surface area contributed by atoms with E-state index in [1.54, 1.807) is 6.07 Å². The van der Waals surface area contributed by atoms with Gasteiger partial charge in [0.2, 0.25) is 0 Å². The highest BCUT2D eigenvalue weighted by Crippen LogP contribution is 2.34. The van der Waals surface area contributed by atoms with Crippen LogP contribution in [-0.2, 0) is 11.3 Å². The summed E-state index contributed by atoms with van der Waals surface area (Å²) in [6.45, 7) is 0.433. The lowest BCUT2D eigenvalue weighted by molar-refractivity contribution is 0.141. The molecule has 0 bridgehead atoms. The van der Waals surface area contributed by atoms with Crippen molar-refractivity contribution in [3.63, 3.8) is 0 Å². The Labute approximate surface area is 102 Å². The fourth-order valence-electron chi connectivity index (χ4n) is 2.65. The minimum absolute atomic E-state index is 0.0635. The minimum atomic E-state index is -0.0635. The molecule has 1 saturated carbocycles. The molecule has 0 heterocycles. The second-order valence-electron chi connectivity index (χ2n) is 4.81. The van der Waals surface area contributed by atoms with E-state index in [2.05, 4.69) is 4.84 Å². The van der Waals surface area contributed by atoms with Crippen LogP contribution < -0.4 is 5.90 Å². The van der Waals surface area contributed by atoms with Crippen LogP contribution in [0.15, 0.2) is 18.2 Å². The van der Waals surface area contributed by atoms with Crippen molar-refractivity contribution >= 4 is 0 Å². The molecule has 1 aromatic rings. The number of halogens is 1. The smallest absolute Gasteiger partial charge is 0.126 e. The first-order chi connectivity index (χ1) is 8.31. The monoisotopic (exact) mass is 237 g/mol. The predicted octanol–water partition coefficient (Wildman–Crippen LogP) is 3.31. The van der Waals surface area contributed by atoms with E-state index in [-0.39, 0.29) is 5.82 Å². The summed E-state index contributed by atoms with van der Waals surface area (Å²) in [5.74, 6) is 5.32. The first-order valence-electron chi connectivity index (χ1n) is 6.41. The maximum absolute atomic E-state index is 14.0. The molecule has 2 nitrogen and oxygen atoms in total. The molecule has 3 heteroatoms. The lowest BCUT2D eigenvalue weighted by atomic mass is 9.83. The topological polar surface area (TPSA) is 35.2 Å². The van der Waals surface area contributed by atoms with Gasteiger partial charge in [-0.2, -0.15) is 0 Å². The van der Waals surface area contributed by atoms with Crippen LogP contribution in [0.2, 0.25) is 0 Å². The molecule has 2 rings (SSSR count). The maximum atomic E-state index is 14.0. The molecule has 1 aliphatic carbocycles. The van der Waals surface area contributed by atoms with E-state index < -0.39 is 0 Å². The molecular weight excluding hydrogens is 217 g/mol. The highest BCUT2D eigenvalue weighted by Gasteiger charge is 2.18. The Hall–Kier alpha value is -0.930. The fraction of sp³-hybridized carbons (Fsp3) is 0.571. The van der Waals surface area contributed by atoms with Crippen molar-refractivity contribution in [2.24, 2.45) is 5.90 Å². The van der Waals surface area contributed by atoms with E-state index in [4.69, 9.17) is 5.90 Å². The quantitative estimate of drug-likeness (QED) is 0.815. The van der Waals surface area contributed by atoms with Crippen LogP contribution in [0.5, 0.6) is 0 Å². The van der Waals surface area contributed by atoms with E-state index in [1.165, 1.54) is 19.3 Å². The Morgan fingerprint density at radius 1 is 1.24 bits per heavy atom. The molecule has 0 radical (unpaired) electrons. The van der Waals surface area contributed by atoms with Crippen LogP contribution in [0.25, 0.3) is 0 Å². The van der Waals surface area contributed by atoms with Gasteiger partial charge in [0.05, 0.1) is 6.61 Å². The van der Waals surface area contributed by atoms with Gasteiger partial charge in [0.15, 0.2) is 0 Å². The Kier molecular flexibility index (Phi) is 4.51. The van der Waals surface area contributed by atoms with Gasteiger partial charge in [-0.15, -0.1) is 0 Å². The van der Waals surface area contributed by atoms with Crippen molar-refractivity contribution in [3.05, 3.63) is 35.1 Å². The summed E-state index contributed by atoms with van der Waals surface area (Å²) in [5, 5.41) is 0. The Morgan fingerprint density at radius 3 is 2.65 bits per heavy atom. The summed E-state index contributed by atoms with van der Waals surface area (Å²) < 4.78 is 14.0. The molecule has 0 unspecified atom stereocenters. The molecule has 1 aromatic carbocycles. The maximum Gasteiger partial charge on any atom is 0.126 e. The van der Waals surface area contributed by atoms with E-state index in [9.17, 15) is 4.39 Å². The van der Waals surface area contributed by atoms with Gasteiger partial charge < -0.3 is 4.84 Å². The zero-order valence-electron chi connectivity index (χ0n) is 10.1. The normalized spacial score (nSPS) is 17.3. The Balaban J connectivity index is 2.07. The van der Waals surface area contributed by atoms with Gasteiger partial charge in [-0.25, -0.2) is 10.3 Å². The van der Waals surface area contributed by atoms with Crippen molar-refractivity contribution in [3.8, 4) is 0 Å². The molecule has 0 spiro atoms.